The second-order valence-corrected chi connectivity index (χ2v) is 15.4. The maximum Gasteiger partial charge on any atom is 0.418 e. The molecule has 2 saturated heterocycles. The molecule has 298 valence electrons. The van der Waals surface area contributed by atoms with Gasteiger partial charge in [-0.05, 0) is 66.6 Å². The fraction of sp³-hybridized carbons (Fsp3) is 0.548. The van der Waals surface area contributed by atoms with Crippen molar-refractivity contribution in [3.8, 4) is 0 Å². The summed E-state index contributed by atoms with van der Waals surface area (Å²) in [6, 6.07) is 8.48. The molecule has 2 aromatic rings. The third-order valence-electron chi connectivity index (χ3n) is 11.1. The molecule has 0 spiro atoms. The van der Waals surface area contributed by atoms with Gasteiger partial charge < -0.3 is 19.5 Å². The topological polar surface area (TPSA) is 82.0 Å². The van der Waals surface area contributed by atoms with Gasteiger partial charge in [0.1, 0.15) is 12.2 Å². The zero-order valence-electron chi connectivity index (χ0n) is 32.4. The van der Waals surface area contributed by atoms with Crippen molar-refractivity contribution in [3.63, 3.8) is 0 Å². The van der Waals surface area contributed by atoms with Crippen LogP contribution in [0.5, 0.6) is 0 Å². The molecule has 7 rings (SSSR count). The van der Waals surface area contributed by atoms with Crippen LogP contribution < -0.4 is 5.32 Å². The summed E-state index contributed by atoms with van der Waals surface area (Å²) in [6.07, 6.45) is 16.6. The number of allylic oxidation sites excluding steroid dienone is 3. The maximum absolute atomic E-state index is 14.5. The molecule has 1 saturated carbocycles. The van der Waals surface area contributed by atoms with Gasteiger partial charge in [0.15, 0.2) is 0 Å². The minimum absolute atomic E-state index is 0.183. The Morgan fingerprint density at radius 3 is 2.29 bits per heavy atom. The molecule has 1 atom stereocenters. The van der Waals surface area contributed by atoms with Crippen LogP contribution in [0.25, 0.3) is 0 Å². The number of nitrogens with one attached hydrogen (secondary N) is 1. The predicted octanol–water partition coefficient (Wildman–Crippen LogP) is 6.12. The van der Waals surface area contributed by atoms with Gasteiger partial charge in [-0.25, -0.2) is 0 Å². The zero-order valence-corrected chi connectivity index (χ0v) is 32.4. The number of nitrogens with zero attached hydrogens (tertiary/aromatic N) is 7. The second kappa shape index (κ2) is 19.7. The van der Waals surface area contributed by atoms with Crippen molar-refractivity contribution in [2.45, 2.75) is 76.7 Å². The standard InChI is InChI=1S/C38H49F3N8O2.C4H8/c1-45(34-5-3-4-32(18-34)20-37-44-43-27-46(37)2)24-36-35(38(39,40)41)19-33(23-49(36)28-50)22-47-14-10-31(11-15-47)26-51-25-30-8-6-29(7-9-30)21-48-16-12-42-13-17-48;1-2-4-3-1/h3-4,6-9,18-19,23-24,27-28,31,34,42H,5,10-17,20-22,25-26H2,1-2H3;1-4H2/b36-24-;. The maximum atomic E-state index is 14.5. The van der Waals surface area contributed by atoms with Crippen LogP contribution in [0.4, 0.5) is 13.2 Å². The lowest BCUT2D eigenvalue weighted by molar-refractivity contribution is -0.115. The number of aromatic nitrogens is 3. The summed E-state index contributed by atoms with van der Waals surface area (Å²) in [6.45, 7) is 8.27. The summed E-state index contributed by atoms with van der Waals surface area (Å²) in [5.41, 5.74) is 2.91. The van der Waals surface area contributed by atoms with Gasteiger partial charge in [-0.3, -0.25) is 19.5 Å². The third-order valence-corrected chi connectivity index (χ3v) is 11.1. The predicted molar refractivity (Wildman–Crippen MR) is 208 cm³/mol. The highest BCUT2D eigenvalue weighted by atomic mass is 19.4. The fourth-order valence-electron chi connectivity index (χ4n) is 7.32. The van der Waals surface area contributed by atoms with E-state index in [0.29, 0.717) is 50.5 Å². The van der Waals surface area contributed by atoms with E-state index < -0.39 is 11.7 Å². The molecule has 0 radical (unpaired) electrons. The van der Waals surface area contributed by atoms with Crippen LogP contribution in [0.1, 0.15) is 61.9 Å². The van der Waals surface area contributed by atoms with Crippen molar-refractivity contribution in [3.05, 3.63) is 107 Å². The Bertz CT molecular complexity index is 1690. The lowest BCUT2D eigenvalue weighted by Gasteiger charge is -2.34. The summed E-state index contributed by atoms with van der Waals surface area (Å²) >= 11 is 0. The van der Waals surface area contributed by atoms with Crippen LogP contribution in [-0.2, 0) is 36.2 Å². The van der Waals surface area contributed by atoms with E-state index in [1.54, 1.807) is 18.3 Å². The molecule has 10 nitrogen and oxygen atoms in total. The number of piperazine rings is 1. The van der Waals surface area contributed by atoms with Gasteiger partial charge in [-0.15, -0.1) is 10.2 Å². The second-order valence-electron chi connectivity index (χ2n) is 15.4. The molecule has 1 aromatic carbocycles. The quantitative estimate of drug-likeness (QED) is 0.245. The first-order valence-corrected chi connectivity index (χ1v) is 19.8. The Kier molecular flexibility index (Phi) is 14.6. The zero-order chi connectivity index (χ0) is 38.6. The number of hydrogen-bond donors (Lipinski definition) is 1. The Morgan fingerprint density at radius 2 is 1.65 bits per heavy atom. The number of likely N-dealkylation sites (tertiary alicyclic amines) is 1. The van der Waals surface area contributed by atoms with E-state index >= 15 is 0 Å². The van der Waals surface area contributed by atoms with Gasteiger partial charge in [0, 0.05) is 78.8 Å². The van der Waals surface area contributed by atoms with Gasteiger partial charge >= 0.3 is 6.18 Å². The molecule has 5 aliphatic rings. The van der Waals surface area contributed by atoms with E-state index in [2.05, 4.69) is 49.6 Å². The number of ether oxygens (including phenoxy) is 1. The first kappa shape index (κ1) is 40.6. The Balaban J connectivity index is 0.00000121. The molecule has 3 aliphatic heterocycles. The molecule has 2 aliphatic carbocycles. The first-order valence-electron chi connectivity index (χ1n) is 19.8. The molecule has 1 unspecified atom stereocenters. The molecule has 13 heteroatoms. The normalized spacial score (nSPS) is 22.0. The molecular weight excluding hydrogens is 706 g/mol. The number of alkyl halides is 3. The van der Waals surface area contributed by atoms with Gasteiger partial charge in [-0.1, -0.05) is 68.2 Å². The molecule has 1 amide bonds. The van der Waals surface area contributed by atoms with E-state index in [1.165, 1.54) is 49.7 Å². The fourth-order valence-corrected chi connectivity index (χ4v) is 7.32. The highest BCUT2D eigenvalue weighted by Gasteiger charge is 2.40. The molecule has 1 aromatic heterocycles. The monoisotopic (exact) mass is 762 g/mol. The van der Waals surface area contributed by atoms with Gasteiger partial charge in [0.2, 0.25) is 6.41 Å². The van der Waals surface area contributed by atoms with Crippen LogP contribution in [0.15, 0.2) is 89.7 Å². The number of amides is 1. The SMILES string of the molecule is C1CCC1.CN(/C=C1/C(C(F)(F)F)=CC(CN2CCC(COCc3ccc(CN4CCNCC4)cc3)CC2)=CN1C=O)C1C=C(Cc2nncn2C)C=CC1. The summed E-state index contributed by atoms with van der Waals surface area (Å²) in [7, 11) is 3.61. The Morgan fingerprint density at radius 1 is 0.964 bits per heavy atom. The van der Waals surface area contributed by atoms with Crippen molar-refractivity contribution >= 4 is 6.41 Å². The van der Waals surface area contributed by atoms with E-state index in [0.717, 1.165) is 80.5 Å². The number of likely N-dealkylation sites (N-methyl/N-ethyl adjacent to an activating group) is 1. The number of hydrogen-bond acceptors (Lipinski definition) is 8. The Labute approximate surface area is 324 Å². The molecule has 3 fully saturated rings. The number of rotatable bonds is 13. The molecule has 1 N–H and O–H groups in total. The van der Waals surface area contributed by atoms with Crippen molar-refractivity contribution in [1.29, 1.82) is 0 Å². The minimum atomic E-state index is -4.64. The van der Waals surface area contributed by atoms with Crippen molar-refractivity contribution < 1.29 is 22.7 Å². The summed E-state index contributed by atoms with van der Waals surface area (Å²) in [4.78, 5) is 19.6. The Hall–Kier alpha value is -4.04. The minimum Gasteiger partial charge on any atom is -0.376 e. The molecule has 4 heterocycles. The van der Waals surface area contributed by atoms with E-state index in [-0.39, 0.29) is 11.7 Å². The number of benzene rings is 1. The van der Waals surface area contributed by atoms with Crippen LogP contribution in [0, 0.1) is 5.92 Å². The van der Waals surface area contributed by atoms with Gasteiger partial charge in [0.25, 0.3) is 0 Å². The van der Waals surface area contributed by atoms with Crippen LogP contribution in [0.2, 0.25) is 0 Å². The molecular formula is C42H57F3N8O2. The average Bonchev–Trinajstić information content (AvgIpc) is 3.56. The summed E-state index contributed by atoms with van der Waals surface area (Å²) in [5.74, 6) is 1.19. The molecule has 0 bridgehead atoms. The largest absolute Gasteiger partial charge is 0.418 e. The molecule has 55 heavy (non-hydrogen) atoms. The summed E-state index contributed by atoms with van der Waals surface area (Å²) < 4.78 is 51.4. The number of piperidine rings is 1. The number of carbonyl (C=O) groups is 1. The highest BCUT2D eigenvalue weighted by Crippen LogP contribution is 2.37. The lowest BCUT2D eigenvalue weighted by atomic mass is 9.96. The van der Waals surface area contributed by atoms with Crippen LogP contribution in [-0.4, -0.2) is 112 Å². The van der Waals surface area contributed by atoms with E-state index in [9.17, 15) is 18.0 Å². The number of halogens is 3. The van der Waals surface area contributed by atoms with Gasteiger partial charge in [0.05, 0.1) is 23.9 Å². The number of carbonyl (C=O) groups excluding carboxylic acids is 1. The third kappa shape index (κ3) is 12.0. The van der Waals surface area contributed by atoms with Gasteiger partial charge in [-0.2, -0.15) is 13.2 Å². The van der Waals surface area contributed by atoms with Crippen LogP contribution in [0.3, 0.4) is 0 Å². The van der Waals surface area contributed by atoms with Crippen LogP contribution >= 0.6 is 0 Å². The summed E-state index contributed by atoms with van der Waals surface area (Å²) in [5, 5.41) is 11.4. The lowest BCUT2D eigenvalue weighted by Crippen LogP contribution is -2.42. The first-order chi connectivity index (χ1) is 26.6. The smallest absolute Gasteiger partial charge is 0.376 e. The van der Waals surface area contributed by atoms with E-state index in [4.69, 9.17) is 4.74 Å². The van der Waals surface area contributed by atoms with Crippen molar-refractivity contribution in [2.75, 3.05) is 59.5 Å². The number of aryl methyl sites for hydroxylation is 1. The highest BCUT2D eigenvalue weighted by molar-refractivity contribution is 5.61. The van der Waals surface area contributed by atoms with Crippen molar-refractivity contribution in [2.24, 2.45) is 13.0 Å². The van der Waals surface area contributed by atoms with E-state index in [1.807, 2.05) is 29.8 Å². The van der Waals surface area contributed by atoms with Crippen molar-refractivity contribution in [1.82, 2.24) is 39.7 Å². The average molecular weight is 763 g/mol.